The Morgan fingerprint density at radius 3 is 2.58 bits per heavy atom. The summed E-state index contributed by atoms with van der Waals surface area (Å²) in [6.07, 6.45) is 9.22. The van der Waals surface area contributed by atoms with Crippen molar-refractivity contribution in [3.63, 3.8) is 0 Å². The van der Waals surface area contributed by atoms with E-state index in [1.165, 1.54) is 25.7 Å². The summed E-state index contributed by atoms with van der Waals surface area (Å²) in [5, 5.41) is 0. The highest BCUT2D eigenvalue weighted by molar-refractivity contribution is 5.79. The number of fused-ring (bicyclic) bond motifs is 5. The van der Waals surface area contributed by atoms with Crippen molar-refractivity contribution in [3.8, 4) is 0 Å². The van der Waals surface area contributed by atoms with Gasteiger partial charge in [-0.15, -0.1) is 0 Å². The van der Waals surface area contributed by atoms with Gasteiger partial charge in [0.25, 0.3) is 0 Å². The van der Waals surface area contributed by atoms with E-state index in [9.17, 15) is 9.59 Å². The largest absolute Gasteiger partial charge is 0.462 e. The lowest BCUT2D eigenvalue weighted by atomic mass is 9.43. The van der Waals surface area contributed by atoms with Crippen LogP contribution in [0.2, 0.25) is 0 Å². The van der Waals surface area contributed by atoms with Crippen LogP contribution >= 0.6 is 0 Å². The molecule has 0 radical (unpaired) electrons. The molecule has 26 heavy (non-hydrogen) atoms. The zero-order valence-electron chi connectivity index (χ0n) is 17.1. The van der Waals surface area contributed by atoms with Gasteiger partial charge in [-0.3, -0.25) is 9.59 Å². The molecule has 146 valence electrons. The molecule has 8 atom stereocenters. The van der Waals surface area contributed by atoms with Crippen LogP contribution in [0.4, 0.5) is 0 Å². The van der Waals surface area contributed by atoms with E-state index in [0.29, 0.717) is 35.4 Å². The van der Waals surface area contributed by atoms with Gasteiger partial charge in [-0.05, 0) is 73.5 Å². The van der Waals surface area contributed by atoms with Gasteiger partial charge in [-0.1, -0.05) is 27.7 Å². The molecule has 4 aliphatic rings. The van der Waals surface area contributed by atoms with Crippen LogP contribution in [0.3, 0.4) is 0 Å². The predicted molar refractivity (Wildman–Crippen MR) is 101 cm³/mol. The van der Waals surface area contributed by atoms with Gasteiger partial charge >= 0.3 is 5.97 Å². The van der Waals surface area contributed by atoms with Crippen LogP contribution in [0, 0.1) is 40.4 Å². The molecule has 0 unspecified atom stereocenters. The zero-order chi connectivity index (χ0) is 18.7. The summed E-state index contributed by atoms with van der Waals surface area (Å²) in [4.78, 5) is 24.0. The molecule has 3 heteroatoms. The summed E-state index contributed by atoms with van der Waals surface area (Å²) in [5.74, 6) is 3.92. The Hall–Kier alpha value is -0.860. The molecule has 0 saturated heterocycles. The molecule has 0 spiro atoms. The molecule has 0 aromatic carbocycles. The topological polar surface area (TPSA) is 43.4 Å². The van der Waals surface area contributed by atoms with E-state index in [0.717, 1.165) is 37.5 Å². The maximum atomic E-state index is 12.1. The van der Waals surface area contributed by atoms with Gasteiger partial charge in [0.15, 0.2) is 0 Å². The molecule has 4 aliphatic carbocycles. The van der Waals surface area contributed by atoms with Gasteiger partial charge in [0.2, 0.25) is 0 Å². The van der Waals surface area contributed by atoms with Gasteiger partial charge in [0.05, 0.1) is 0 Å². The minimum absolute atomic E-state index is 0.0338. The fraction of sp³-hybridized carbons (Fsp3) is 0.913. The normalized spacial score (nSPS) is 50.5. The van der Waals surface area contributed by atoms with Crippen molar-refractivity contribution in [2.45, 2.75) is 91.6 Å². The molecule has 0 aromatic heterocycles. The van der Waals surface area contributed by atoms with E-state index in [4.69, 9.17) is 4.74 Å². The Kier molecular flexibility index (Phi) is 4.51. The Bertz CT molecular complexity index is 598. The van der Waals surface area contributed by atoms with Gasteiger partial charge < -0.3 is 4.74 Å². The lowest BCUT2D eigenvalue weighted by Gasteiger charge is -2.62. The first-order valence-corrected chi connectivity index (χ1v) is 11.0. The van der Waals surface area contributed by atoms with E-state index in [1.54, 1.807) is 0 Å². The Labute approximate surface area is 158 Å². The maximum Gasteiger partial charge on any atom is 0.305 e. The molecular formula is C23H36O3. The highest BCUT2D eigenvalue weighted by Gasteiger charge is 2.62. The monoisotopic (exact) mass is 360 g/mol. The number of hydrogen-bond donors (Lipinski definition) is 0. The van der Waals surface area contributed by atoms with Crippen molar-refractivity contribution in [2.75, 3.05) is 0 Å². The smallest absolute Gasteiger partial charge is 0.305 e. The van der Waals surface area contributed by atoms with Crippen molar-refractivity contribution in [3.05, 3.63) is 0 Å². The molecule has 0 aromatic rings. The summed E-state index contributed by atoms with van der Waals surface area (Å²) in [6, 6.07) is 0. The lowest BCUT2D eigenvalue weighted by Crippen LogP contribution is -2.56. The number of hydrogen-bond acceptors (Lipinski definition) is 3. The maximum absolute atomic E-state index is 12.1. The molecule has 0 bridgehead atoms. The second-order valence-electron chi connectivity index (χ2n) is 10.4. The third-order valence-corrected chi connectivity index (χ3v) is 9.32. The summed E-state index contributed by atoms with van der Waals surface area (Å²) in [6.45, 7) is 9.23. The SMILES string of the molecule is CCC(=O)O[C@@H]1CC[C@H]2[C@@H]3[C@H](C)C[C@H]4CC(=O)CC[C@]4(C)[C@H]3CC[C@]12C. The number of ether oxygens (including phenoxy) is 1. The van der Waals surface area contributed by atoms with Crippen LogP contribution in [0.25, 0.3) is 0 Å². The molecule has 4 rings (SSSR count). The third kappa shape index (κ3) is 2.59. The van der Waals surface area contributed by atoms with Crippen molar-refractivity contribution >= 4 is 11.8 Å². The molecule has 0 heterocycles. The van der Waals surface area contributed by atoms with E-state index in [-0.39, 0.29) is 17.5 Å². The highest BCUT2D eigenvalue weighted by atomic mass is 16.5. The molecule has 3 nitrogen and oxygen atoms in total. The van der Waals surface area contributed by atoms with Crippen LogP contribution in [0.5, 0.6) is 0 Å². The fourth-order valence-electron chi connectivity index (χ4n) is 7.81. The lowest BCUT2D eigenvalue weighted by molar-refractivity contribution is -0.169. The second kappa shape index (κ2) is 6.34. The van der Waals surface area contributed by atoms with Crippen LogP contribution in [-0.4, -0.2) is 17.9 Å². The Morgan fingerprint density at radius 1 is 1.12 bits per heavy atom. The van der Waals surface area contributed by atoms with Gasteiger partial charge in [-0.25, -0.2) is 0 Å². The van der Waals surface area contributed by atoms with Crippen molar-refractivity contribution < 1.29 is 14.3 Å². The number of carbonyl (C=O) groups excluding carboxylic acids is 2. The highest BCUT2D eigenvalue weighted by Crippen LogP contribution is 2.67. The average Bonchev–Trinajstić information content (AvgIpc) is 2.93. The summed E-state index contributed by atoms with van der Waals surface area (Å²) >= 11 is 0. The summed E-state index contributed by atoms with van der Waals surface area (Å²) in [7, 11) is 0. The van der Waals surface area contributed by atoms with Gasteiger partial charge in [-0.2, -0.15) is 0 Å². The predicted octanol–water partition coefficient (Wildman–Crippen LogP) is 5.17. The van der Waals surface area contributed by atoms with Gasteiger partial charge in [0, 0.05) is 24.7 Å². The minimum Gasteiger partial charge on any atom is -0.462 e. The number of carbonyl (C=O) groups is 2. The van der Waals surface area contributed by atoms with Gasteiger partial charge in [0.1, 0.15) is 11.9 Å². The molecule has 0 N–H and O–H groups in total. The molecule has 4 fully saturated rings. The first-order chi connectivity index (χ1) is 12.3. The van der Waals surface area contributed by atoms with E-state index < -0.39 is 0 Å². The quantitative estimate of drug-likeness (QED) is 0.638. The molecule has 4 saturated carbocycles. The van der Waals surface area contributed by atoms with E-state index in [2.05, 4.69) is 20.8 Å². The van der Waals surface area contributed by atoms with Crippen LogP contribution in [-0.2, 0) is 14.3 Å². The Balaban J connectivity index is 1.60. The first kappa shape index (κ1) is 18.5. The van der Waals surface area contributed by atoms with Crippen LogP contribution < -0.4 is 0 Å². The van der Waals surface area contributed by atoms with E-state index in [1.807, 2.05) is 6.92 Å². The number of Topliss-reactive ketones (excluding diaryl/α,β-unsaturated/α-hetero) is 1. The standard InChI is InChI=1S/C23H36O3/c1-5-20(25)26-19-7-6-17-21-14(2)12-15-13-16(24)8-10-22(15,3)18(21)9-11-23(17,19)4/h14-15,17-19,21H,5-13H2,1-4H3/t14-,15+,17+,18+,19-,21+,22+,23+/m1/s1. The Morgan fingerprint density at radius 2 is 1.85 bits per heavy atom. The number of rotatable bonds is 2. The zero-order valence-corrected chi connectivity index (χ0v) is 17.1. The van der Waals surface area contributed by atoms with Crippen molar-refractivity contribution in [1.82, 2.24) is 0 Å². The molecule has 0 amide bonds. The average molecular weight is 361 g/mol. The number of esters is 1. The molecular weight excluding hydrogens is 324 g/mol. The first-order valence-electron chi connectivity index (χ1n) is 11.0. The van der Waals surface area contributed by atoms with Crippen LogP contribution in [0.1, 0.15) is 85.5 Å². The van der Waals surface area contributed by atoms with Crippen LogP contribution in [0.15, 0.2) is 0 Å². The van der Waals surface area contributed by atoms with Crippen molar-refractivity contribution in [1.29, 1.82) is 0 Å². The summed E-state index contributed by atoms with van der Waals surface area (Å²) < 4.78 is 5.91. The summed E-state index contributed by atoms with van der Waals surface area (Å²) in [5.41, 5.74) is 0.512. The van der Waals surface area contributed by atoms with Crippen molar-refractivity contribution in [2.24, 2.45) is 40.4 Å². The third-order valence-electron chi connectivity index (χ3n) is 9.32. The second-order valence-corrected chi connectivity index (χ2v) is 10.4. The molecule has 0 aliphatic heterocycles. The number of ketones is 1. The van der Waals surface area contributed by atoms with E-state index >= 15 is 0 Å². The fourth-order valence-corrected chi connectivity index (χ4v) is 7.81. The minimum atomic E-state index is -0.0338.